The molecule has 1 aliphatic heterocycles. The summed E-state index contributed by atoms with van der Waals surface area (Å²) in [4.78, 5) is 14.6. The number of ether oxygens (including phenoxy) is 2. The van der Waals surface area contributed by atoms with Gasteiger partial charge in [0.15, 0.2) is 11.5 Å². The van der Waals surface area contributed by atoms with Gasteiger partial charge in [-0.15, -0.1) is 0 Å². The second-order valence-electron chi connectivity index (χ2n) is 7.44. The Kier molecular flexibility index (Phi) is 6.76. The number of benzene rings is 1. The van der Waals surface area contributed by atoms with E-state index in [2.05, 4.69) is 11.2 Å². The first-order chi connectivity index (χ1) is 14.0. The Hall–Kier alpha value is -3.01. The topological polar surface area (TPSA) is 88.6 Å². The molecular formula is C22H27N3O4. The second kappa shape index (κ2) is 9.46. The van der Waals surface area contributed by atoms with E-state index in [1.54, 1.807) is 25.3 Å². The first kappa shape index (κ1) is 20.7. The van der Waals surface area contributed by atoms with Crippen molar-refractivity contribution in [2.45, 2.75) is 39.5 Å². The van der Waals surface area contributed by atoms with Crippen LogP contribution in [0.2, 0.25) is 0 Å². The van der Waals surface area contributed by atoms with Crippen LogP contribution in [-0.2, 0) is 11.2 Å². The van der Waals surface area contributed by atoms with Crippen LogP contribution in [0.15, 0.2) is 22.7 Å². The molecule has 1 unspecified atom stereocenters. The molecule has 29 heavy (non-hydrogen) atoms. The standard InChI is InChI=1S/C22H27N3O4/c1-15-19(16(2)29-24-15)7-9-22(26)25-10-4-5-18(13-25)14-28-20-8-6-17(12-23)11-21(20)27-3/h6,8,11,18H,4-5,7,9-10,13-14H2,1-3H3. The second-order valence-corrected chi connectivity index (χ2v) is 7.44. The van der Waals surface area contributed by atoms with Gasteiger partial charge in [0.2, 0.25) is 5.91 Å². The summed E-state index contributed by atoms with van der Waals surface area (Å²) >= 11 is 0. The number of methoxy groups -OCH3 is 1. The van der Waals surface area contributed by atoms with E-state index < -0.39 is 0 Å². The molecule has 1 saturated heterocycles. The minimum Gasteiger partial charge on any atom is -0.493 e. The summed E-state index contributed by atoms with van der Waals surface area (Å²) in [5.74, 6) is 2.38. The molecule has 1 amide bonds. The monoisotopic (exact) mass is 397 g/mol. The molecule has 1 fully saturated rings. The molecule has 7 nitrogen and oxygen atoms in total. The average molecular weight is 397 g/mol. The van der Waals surface area contributed by atoms with E-state index in [0.717, 1.165) is 36.4 Å². The number of rotatable bonds is 7. The van der Waals surface area contributed by atoms with E-state index in [-0.39, 0.29) is 11.8 Å². The maximum absolute atomic E-state index is 12.7. The van der Waals surface area contributed by atoms with E-state index in [4.69, 9.17) is 19.3 Å². The molecule has 3 rings (SSSR count). The zero-order valence-electron chi connectivity index (χ0n) is 17.2. The minimum atomic E-state index is 0.158. The molecule has 1 aliphatic rings. The summed E-state index contributed by atoms with van der Waals surface area (Å²) < 4.78 is 16.5. The van der Waals surface area contributed by atoms with Crippen molar-refractivity contribution < 1.29 is 18.8 Å². The number of nitriles is 1. The van der Waals surface area contributed by atoms with E-state index >= 15 is 0 Å². The summed E-state index contributed by atoms with van der Waals surface area (Å²) in [6.07, 6.45) is 3.10. The fourth-order valence-corrected chi connectivity index (χ4v) is 3.74. The highest BCUT2D eigenvalue weighted by Crippen LogP contribution is 2.29. The highest BCUT2D eigenvalue weighted by Gasteiger charge is 2.25. The number of amides is 1. The predicted octanol–water partition coefficient (Wildman–Crippen LogP) is 3.42. The van der Waals surface area contributed by atoms with E-state index in [0.29, 0.717) is 43.1 Å². The molecule has 154 valence electrons. The molecule has 0 spiro atoms. The van der Waals surface area contributed by atoms with Crippen LogP contribution >= 0.6 is 0 Å². The summed E-state index contributed by atoms with van der Waals surface area (Å²) in [5.41, 5.74) is 2.42. The fraction of sp³-hybridized carbons (Fsp3) is 0.500. The summed E-state index contributed by atoms with van der Waals surface area (Å²) in [7, 11) is 1.56. The molecule has 0 bridgehead atoms. The van der Waals surface area contributed by atoms with Gasteiger partial charge in [0, 0.05) is 37.1 Å². The van der Waals surface area contributed by atoms with Crippen LogP contribution in [0.3, 0.4) is 0 Å². The van der Waals surface area contributed by atoms with Crippen LogP contribution in [0.5, 0.6) is 11.5 Å². The molecule has 1 atom stereocenters. The Morgan fingerprint density at radius 1 is 1.38 bits per heavy atom. The summed E-state index contributed by atoms with van der Waals surface area (Å²) in [6, 6.07) is 7.23. The number of carbonyl (C=O) groups is 1. The average Bonchev–Trinajstić information content (AvgIpc) is 3.07. The predicted molar refractivity (Wildman–Crippen MR) is 107 cm³/mol. The third-order valence-corrected chi connectivity index (χ3v) is 5.41. The Morgan fingerprint density at radius 3 is 2.90 bits per heavy atom. The number of nitrogens with zero attached hydrogens (tertiary/aromatic N) is 3. The molecule has 1 aromatic heterocycles. The van der Waals surface area contributed by atoms with Crippen molar-refractivity contribution in [3.8, 4) is 17.6 Å². The third kappa shape index (κ3) is 5.08. The van der Waals surface area contributed by atoms with Crippen molar-refractivity contribution >= 4 is 5.91 Å². The maximum Gasteiger partial charge on any atom is 0.222 e. The maximum atomic E-state index is 12.7. The zero-order valence-corrected chi connectivity index (χ0v) is 17.2. The van der Waals surface area contributed by atoms with Gasteiger partial charge in [0.1, 0.15) is 5.76 Å². The number of aryl methyl sites for hydroxylation is 2. The van der Waals surface area contributed by atoms with Crippen molar-refractivity contribution in [3.63, 3.8) is 0 Å². The van der Waals surface area contributed by atoms with Gasteiger partial charge < -0.3 is 18.9 Å². The lowest BCUT2D eigenvalue weighted by atomic mass is 9.98. The molecule has 0 aliphatic carbocycles. The first-order valence-electron chi connectivity index (χ1n) is 9.92. The number of carbonyl (C=O) groups excluding carboxylic acids is 1. The van der Waals surface area contributed by atoms with Crippen LogP contribution in [0.25, 0.3) is 0 Å². The van der Waals surface area contributed by atoms with Crippen molar-refractivity contribution in [1.29, 1.82) is 5.26 Å². The fourth-order valence-electron chi connectivity index (χ4n) is 3.74. The number of likely N-dealkylation sites (tertiary alicyclic amines) is 1. The van der Waals surface area contributed by atoms with Gasteiger partial charge in [-0.2, -0.15) is 5.26 Å². The Balaban J connectivity index is 1.53. The van der Waals surface area contributed by atoms with Crippen LogP contribution in [0.4, 0.5) is 0 Å². The van der Waals surface area contributed by atoms with E-state index in [1.165, 1.54) is 0 Å². The van der Waals surface area contributed by atoms with Gasteiger partial charge in [-0.25, -0.2) is 0 Å². The molecular weight excluding hydrogens is 370 g/mol. The van der Waals surface area contributed by atoms with Crippen molar-refractivity contribution in [3.05, 3.63) is 40.8 Å². The van der Waals surface area contributed by atoms with Gasteiger partial charge in [-0.3, -0.25) is 4.79 Å². The number of hydrogen-bond donors (Lipinski definition) is 0. The molecule has 1 aromatic carbocycles. The van der Waals surface area contributed by atoms with Crippen molar-refractivity contribution in [1.82, 2.24) is 10.1 Å². The smallest absolute Gasteiger partial charge is 0.222 e. The van der Waals surface area contributed by atoms with Gasteiger partial charge in [-0.05, 0) is 45.2 Å². The number of piperidine rings is 1. The highest BCUT2D eigenvalue weighted by atomic mass is 16.5. The summed E-state index contributed by atoms with van der Waals surface area (Å²) in [6.45, 7) is 5.78. The number of hydrogen-bond acceptors (Lipinski definition) is 6. The largest absolute Gasteiger partial charge is 0.493 e. The lowest BCUT2D eigenvalue weighted by molar-refractivity contribution is -0.133. The van der Waals surface area contributed by atoms with Crippen LogP contribution < -0.4 is 9.47 Å². The highest BCUT2D eigenvalue weighted by molar-refractivity contribution is 5.76. The molecule has 2 aromatic rings. The number of aromatic nitrogens is 1. The van der Waals surface area contributed by atoms with Gasteiger partial charge in [0.05, 0.1) is 31.0 Å². The first-order valence-corrected chi connectivity index (χ1v) is 9.92. The summed E-state index contributed by atoms with van der Waals surface area (Å²) in [5, 5.41) is 13.0. The van der Waals surface area contributed by atoms with Crippen molar-refractivity contribution in [2.24, 2.45) is 5.92 Å². The Bertz CT molecular complexity index is 880. The van der Waals surface area contributed by atoms with E-state index in [1.807, 2.05) is 18.7 Å². The Labute approximate surface area is 171 Å². The molecule has 0 radical (unpaired) electrons. The zero-order chi connectivity index (χ0) is 20.8. The van der Waals surface area contributed by atoms with Crippen molar-refractivity contribution in [2.75, 3.05) is 26.8 Å². The third-order valence-electron chi connectivity index (χ3n) is 5.41. The van der Waals surface area contributed by atoms with Gasteiger partial charge >= 0.3 is 0 Å². The quantitative estimate of drug-likeness (QED) is 0.711. The normalized spacial score (nSPS) is 16.3. The van der Waals surface area contributed by atoms with Crippen LogP contribution in [0, 0.1) is 31.1 Å². The lowest BCUT2D eigenvalue weighted by Gasteiger charge is -2.33. The molecule has 2 heterocycles. The lowest BCUT2D eigenvalue weighted by Crippen LogP contribution is -2.41. The molecule has 7 heteroatoms. The van der Waals surface area contributed by atoms with Gasteiger partial charge in [-0.1, -0.05) is 5.16 Å². The minimum absolute atomic E-state index is 0.158. The molecule has 0 saturated carbocycles. The van der Waals surface area contributed by atoms with Gasteiger partial charge in [0.25, 0.3) is 0 Å². The molecule has 0 N–H and O–H groups in total. The van der Waals surface area contributed by atoms with Crippen LogP contribution in [0.1, 0.15) is 41.8 Å². The SMILES string of the molecule is COc1cc(C#N)ccc1OCC1CCCN(C(=O)CCc2c(C)noc2C)C1. The Morgan fingerprint density at radius 2 is 2.21 bits per heavy atom. The van der Waals surface area contributed by atoms with Crippen LogP contribution in [-0.4, -0.2) is 42.8 Å². The van der Waals surface area contributed by atoms with E-state index in [9.17, 15) is 4.79 Å².